The SMILES string of the molecule is O=C(Nc1ccc(S(=O)(=O)N2CCOCC2)cc1)c1ccc(CN2CCCC2)cc1. The Morgan fingerprint density at radius 3 is 2.17 bits per heavy atom. The second-order valence-electron chi connectivity index (χ2n) is 7.68. The molecule has 2 saturated heterocycles. The van der Waals surface area contributed by atoms with E-state index in [0.29, 0.717) is 37.6 Å². The Labute approximate surface area is 177 Å². The van der Waals surface area contributed by atoms with E-state index < -0.39 is 10.0 Å². The summed E-state index contributed by atoms with van der Waals surface area (Å²) >= 11 is 0. The van der Waals surface area contributed by atoms with E-state index in [2.05, 4.69) is 10.2 Å². The van der Waals surface area contributed by atoms with Crippen LogP contribution in [-0.2, 0) is 21.3 Å². The van der Waals surface area contributed by atoms with Gasteiger partial charge in [-0.3, -0.25) is 9.69 Å². The normalized spacial score (nSPS) is 18.4. The molecular weight excluding hydrogens is 402 g/mol. The summed E-state index contributed by atoms with van der Waals surface area (Å²) in [7, 11) is -3.54. The lowest BCUT2D eigenvalue weighted by molar-refractivity contribution is 0.0730. The van der Waals surface area contributed by atoms with Crippen LogP contribution < -0.4 is 5.32 Å². The predicted molar refractivity (Wildman–Crippen MR) is 115 cm³/mol. The number of amides is 1. The lowest BCUT2D eigenvalue weighted by Crippen LogP contribution is -2.40. The number of carbonyl (C=O) groups is 1. The van der Waals surface area contributed by atoms with Crippen molar-refractivity contribution >= 4 is 21.6 Å². The van der Waals surface area contributed by atoms with E-state index in [9.17, 15) is 13.2 Å². The molecule has 1 amide bonds. The maximum absolute atomic E-state index is 12.7. The summed E-state index contributed by atoms with van der Waals surface area (Å²) in [5.74, 6) is -0.216. The van der Waals surface area contributed by atoms with Crippen LogP contribution in [0.3, 0.4) is 0 Å². The van der Waals surface area contributed by atoms with Gasteiger partial charge >= 0.3 is 0 Å². The molecule has 0 aromatic heterocycles. The molecular formula is C22H27N3O4S. The first kappa shape index (κ1) is 21.0. The van der Waals surface area contributed by atoms with Crippen molar-refractivity contribution in [3.8, 4) is 0 Å². The number of anilines is 1. The van der Waals surface area contributed by atoms with Crippen molar-refractivity contribution < 1.29 is 17.9 Å². The number of hydrogen-bond donors (Lipinski definition) is 1. The molecule has 0 radical (unpaired) electrons. The highest BCUT2D eigenvalue weighted by Crippen LogP contribution is 2.20. The number of carbonyl (C=O) groups excluding carboxylic acids is 1. The van der Waals surface area contributed by atoms with Crippen molar-refractivity contribution in [2.45, 2.75) is 24.3 Å². The van der Waals surface area contributed by atoms with Crippen LogP contribution >= 0.6 is 0 Å². The highest BCUT2D eigenvalue weighted by Gasteiger charge is 2.26. The zero-order valence-corrected chi connectivity index (χ0v) is 17.7. The maximum atomic E-state index is 12.7. The van der Waals surface area contributed by atoms with Crippen LogP contribution in [0.1, 0.15) is 28.8 Å². The minimum Gasteiger partial charge on any atom is -0.379 e. The molecule has 4 rings (SSSR count). The first-order valence-electron chi connectivity index (χ1n) is 10.3. The minimum absolute atomic E-state index is 0.216. The molecule has 0 bridgehead atoms. The molecule has 8 heteroatoms. The summed E-state index contributed by atoms with van der Waals surface area (Å²) in [5, 5.41) is 2.83. The summed E-state index contributed by atoms with van der Waals surface area (Å²) < 4.78 is 32.0. The number of hydrogen-bond acceptors (Lipinski definition) is 5. The molecule has 0 aliphatic carbocycles. The lowest BCUT2D eigenvalue weighted by atomic mass is 10.1. The van der Waals surface area contributed by atoms with Crippen LogP contribution in [0, 0.1) is 0 Å². The Balaban J connectivity index is 1.37. The van der Waals surface area contributed by atoms with Gasteiger partial charge in [0.25, 0.3) is 5.91 Å². The van der Waals surface area contributed by atoms with Gasteiger partial charge in [-0.2, -0.15) is 4.31 Å². The maximum Gasteiger partial charge on any atom is 0.255 e. The van der Waals surface area contributed by atoms with Crippen molar-refractivity contribution in [1.82, 2.24) is 9.21 Å². The molecule has 0 unspecified atom stereocenters. The molecule has 2 heterocycles. The fourth-order valence-electron chi connectivity index (χ4n) is 3.81. The summed E-state index contributed by atoms with van der Waals surface area (Å²) in [6.07, 6.45) is 2.51. The largest absolute Gasteiger partial charge is 0.379 e. The summed E-state index contributed by atoms with van der Waals surface area (Å²) in [6, 6.07) is 13.9. The van der Waals surface area contributed by atoms with Crippen LogP contribution in [0.2, 0.25) is 0 Å². The van der Waals surface area contributed by atoms with Crippen LogP contribution in [0.25, 0.3) is 0 Å². The monoisotopic (exact) mass is 429 g/mol. The molecule has 0 saturated carbocycles. The van der Waals surface area contributed by atoms with Gasteiger partial charge in [0, 0.05) is 30.9 Å². The van der Waals surface area contributed by atoms with Gasteiger partial charge < -0.3 is 10.1 Å². The second kappa shape index (κ2) is 9.26. The Bertz CT molecular complexity index is 962. The van der Waals surface area contributed by atoms with Gasteiger partial charge in [-0.1, -0.05) is 12.1 Å². The molecule has 2 aromatic rings. The Morgan fingerprint density at radius 2 is 1.53 bits per heavy atom. The molecule has 2 fully saturated rings. The van der Waals surface area contributed by atoms with Gasteiger partial charge in [-0.25, -0.2) is 8.42 Å². The first-order valence-corrected chi connectivity index (χ1v) is 11.8. The number of morpholine rings is 1. The summed E-state index contributed by atoms with van der Waals surface area (Å²) in [4.78, 5) is 15.2. The van der Waals surface area contributed by atoms with Crippen molar-refractivity contribution in [2.75, 3.05) is 44.7 Å². The minimum atomic E-state index is -3.54. The number of likely N-dealkylation sites (tertiary alicyclic amines) is 1. The molecule has 0 atom stereocenters. The zero-order valence-electron chi connectivity index (χ0n) is 16.9. The number of nitrogens with zero attached hydrogens (tertiary/aromatic N) is 2. The van der Waals surface area contributed by atoms with Gasteiger partial charge in [-0.15, -0.1) is 0 Å². The second-order valence-corrected chi connectivity index (χ2v) is 9.61. The van der Waals surface area contributed by atoms with Gasteiger partial charge in [0.05, 0.1) is 18.1 Å². The van der Waals surface area contributed by atoms with Gasteiger partial charge in [0.1, 0.15) is 0 Å². The third kappa shape index (κ3) is 4.89. The molecule has 2 aliphatic rings. The lowest BCUT2D eigenvalue weighted by Gasteiger charge is -2.26. The number of rotatable bonds is 6. The smallest absolute Gasteiger partial charge is 0.255 e. The average Bonchev–Trinajstić information content (AvgIpc) is 3.28. The number of sulfonamides is 1. The molecule has 160 valence electrons. The molecule has 30 heavy (non-hydrogen) atoms. The zero-order chi connectivity index (χ0) is 21.0. The van der Waals surface area contributed by atoms with E-state index in [1.807, 2.05) is 24.3 Å². The Hall–Kier alpha value is -2.26. The van der Waals surface area contributed by atoms with Crippen LogP contribution in [0.5, 0.6) is 0 Å². The average molecular weight is 430 g/mol. The van der Waals surface area contributed by atoms with Crippen molar-refractivity contribution in [1.29, 1.82) is 0 Å². The number of ether oxygens (including phenoxy) is 1. The number of benzene rings is 2. The Kier molecular flexibility index (Phi) is 6.48. The third-order valence-corrected chi connectivity index (χ3v) is 7.45. The van der Waals surface area contributed by atoms with E-state index in [1.165, 1.54) is 34.8 Å². The van der Waals surface area contributed by atoms with Crippen LogP contribution in [-0.4, -0.2) is 62.9 Å². The predicted octanol–water partition coefficient (Wildman–Crippen LogP) is 2.56. The molecule has 7 nitrogen and oxygen atoms in total. The molecule has 0 spiro atoms. The highest BCUT2D eigenvalue weighted by molar-refractivity contribution is 7.89. The van der Waals surface area contributed by atoms with Crippen LogP contribution in [0.15, 0.2) is 53.4 Å². The molecule has 2 aromatic carbocycles. The quantitative estimate of drug-likeness (QED) is 0.764. The van der Waals surface area contributed by atoms with E-state index in [0.717, 1.165) is 19.6 Å². The van der Waals surface area contributed by atoms with E-state index in [-0.39, 0.29) is 10.8 Å². The van der Waals surface area contributed by atoms with Crippen molar-refractivity contribution in [3.63, 3.8) is 0 Å². The topological polar surface area (TPSA) is 79.0 Å². The van der Waals surface area contributed by atoms with E-state index >= 15 is 0 Å². The van der Waals surface area contributed by atoms with Gasteiger partial charge in [-0.05, 0) is 67.9 Å². The fraction of sp³-hybridized carbons (Fsp3) is 0.409. The van der Waals surface area contributed by atoms with E-state index in [4.69, 9.17) is 4.74 Å². The van der Waals surface area contributed by atoms with Crippen molar-refractivity contribution in [3.05, 3.63) is 59.7 Å². The van der Waals surface area contributed by atoms with Gasteiger partial charge in [0.2, 0.25) is 10.0 Å². The molecule has 2 aliphatic heterocycles. The summed E-state index contributed by atoms with van der Waals surface area (Å²) in [5.41, 5.74) is 2.33. The van der Waals surface area contributed by atoms with Crippen molar-refractivity contribution in [2.24, 2.45) is 0 Å². The highest BCUT2D eigenvalue weighted by atomic mass is 32.2. The Morgan fingerprint density at radius 1 is 0.900 bits per heavy atom. The summed E-state index contributed by atoms with van der Waals surface area (Å²) in [6.45, 7) is 4.72. The number of nitrogens with one attached hydrogen (secondary N) is 1. The van der Waals surface area contributed by atoms with E-state index in [1.54, 1.807) is 12.1 Å². The first-order chi connectivity index (χ1) is 14.5. The fourth-order valence-corrected chi connectivity index (χ4v) is 5.22. The standard InChI is InChI=1S/C22H27N3O4S/c26-22(19-5-3-18(4-6-19)17-24-11-1-2-12-24)23-20-7-9-21(10-8-20)30(27,28)25-13-15-29-16-14-25/h3-10H,1-2,11-17H2,(H,23,26). The molecule has 1 N–H and O–H groups in total. The third-order valence-electron chi connectivity index (χ3n) is 5.54. The van der Waals surface area contributed by atoms with Crippen LogP contribution in [0.4, 0.5) is 5.69 Å². The van der Waals surface area contributed by atoms with Gasteiger partial charge in [0.15, 0.2) is 0 Å².